The van der Waals surface area contributed by atoms with Crippen LogP contribution in [0.5, 0.6) is 0 Å². The average molecular weight is 673 g/mol. The second-order valence-electron chi connectivity index (χ2n) is 12.1. The van der Waals surface area contributed by atoms with Crippen molar-refractivity contribution in [2.24, 2.45) is 5.73 Å². The van der Waals surface area contributed by atoms with E-state index in [1.165, 1.54) is 30.0 Å². The molecule has 1 unspecified atom stereocenters. The molecule has 2 saturated heterocycles. The van der Waals surface area contributed by atoms with E-state index in [1.54, 1.807) is 29.2 Å². The van der Waals surface area contributed by atoms with E-state index >= 15 is 4.39 Å². The number of hydrogen-bond donors (Lipinski definition) is 3. The van der Waals surface area contributed by atoms with Crippen molar-refractivity contribution in [1.82, 2.24) is 9.80 Å². The summed E-state index contributed by atoms with van der Waals surface area (Å²) >= 11 is 6.04. The van der Waals surface area contributed by atoms with Crippen molar-refractivity contribution in [2.45, 2.75) is 56.3 Å². The summed E-state index contributed by atoms with van der Waals surface area (Å²) in [5, 5.41) is 12.9. The molecule has 0 aliphatic carbocycles. The average Bonchev–Trinajstić information content (AvgIpc) is 3.01. The number of nitrogens with two attached hydrogens (primary N) is 1. The van der Waals surface area contributed by atoms with Gasteiger partial charge in [0.25, 0.3) is 0 Å². The summed E-state index contributed by atoms with van der Waals surface area (Å²) in [6.45, 7) is 2.63. The summed E-state index contributed by atoms with van der Waals surface area (Å²) in [6, 6.07) is 12.1. The Morgan fingerprint density at radius 1 is 1.02 bits per heavy atom. The number of carbonyl (C=O) groups is 3. The maximum absolute atomic E-state index is 15.3. The predicted octanol–water partition coefficient (Wildman–Crippen LogP) is 5.55. The first-order valence-electron chi connectivity index (χ1n) is 15.3. The molecule has 5 rings (SSSR count). The molecule has 0 radical (unpaired) electrons. The van der Waals surface area contributed by atoms with E-state index in [0.29, 0.717) is 36.5 Å². The van der Waals surface area contributed by atoms with Crippen LogP contribution in [0.25, 0.3) is 0 Å². The van der Waals surface area contributed by atoms with Gasteiger partial charge in [-0.05, 0) is 73.2 Å². The molecule has 2 heterocycles. The van der Waals surface area contributed by atoms with Crippen molar-refractivity contribution in [3.05, 3.63) is 99.8 Å². The van der Waals surface area contributed by atoms with Crippen LogP contribution in [0.15, 0.2) is 60.7 Å². The third kappa shape index (κ3) is 8.06. The first kappa shape index (κ1) is 34.2. The highest BCUT2D eigenvalue weighted by Crippen LogP contribution is 2.35. The highest BCUT2D eigenvalue weighted by atomic mass is 35.5. The maximum atomic E-state index is 15.3. The van der Waals surface area contributed by atoms with E-state index in [0.717, 1.165) is 18.2 Å². The van der Waals surface area contributed by atoms with Crippen molar-refractivity contribution in [3.8, 4) is 0 Å². The van der Waals surface area contributed by atoms with Gasteiger partial charge in [0.2, 0.25) is 11.8 Å². The standard InChI is InChI=1S/C34H36ClF3N4O5/c1-20(43)41-13-11-34(12-14-41)19-42(33(45)46)18-26(47-34)9-10-27-28(38)3-2-4-29(27)40-32(44)31(39)30(21-5-7-23(35)8-6-21)22-15-24(36)17-25(37)16-22/h2-8,15-17,26,30-31H,9-14,18-19,39H2,1H3,(H,40,44)(H,45,46)/t26?,30-,31-/m0/s1. The Balaban J connectivity index is 1.34. The van der Waals surface area contributed by atoms with Gasteiger partial charge in [0.1, 0.15) is 17.5 Å². The van der Waals surface area contributed by atoms with Gasteiger partial charge in [-0.3, -0.25) is 9.59 Å². The fraction of sp³-hybridized carbons (Fsp3) is 0.382. The van der Waals surface area contributed by atoms with Gasteiger partial charge in [0.05, 0.1) is 30.8 Å². The van der Waals surface area contributed by atoms with Crippen molar-refractivity contribution < 1.29 is 37.4 Å². The Morgan fingerprint density at radius 3 is 2.30 bits per heavy atom. The van der Waals surface area contributed by atoms with E-state index < -0.39 is 53.1 Å². The summed E-state index contributed by atoms with van der Waals surface area (Å²) in [7, 11) is 0. The quantitative estimate of drug-likeness (QED) is 0.288. The second kappa shape index (κ2) is 14.3. The lowest BCUT2D eigenvalue weighted by Crippen LogP contribution is -2.61. The molecule has 0 saturated carbocycles. The van der Waals surface area contributed by atoms with Crippen LogP contribution in [-0.2, 0) is 20.7 Å². The molecule has 0 bridgehead atoms. The molecule has 47 heavy (non-hydrogen) atoms. The molecule has 2 fully saturated rings. The van der Waals surface area contributed by atoms with Crippen LogP contribution in [-0.4, -0.2) is 76.7 Å². The third-order valence-corrected chi connectivity index (χ3v) is 9.19. The summed E-state index contributed by atoms with van der Waals surface area (Å²) in [5.41, 5.74) is 6.63. The van der Waals surface area contributed by atoms with Crippen LogP contribution < -0.4 is 11.1 Å². The van der Waals surface area contributed by atoms with Crippen LogP contribution in [0.4, 0.5) is 23.7 Å². The zero-order valence-corrected chi connectivity index (χ0v) is 26.5. The summed E-state index contributed by atoms with van der Waals surface area (Å²) in [4.78, 5) is 40.5. The smallest absolute Gasteiger partial charge is 0.407 e. The van der Waals surface area contributed by atoms with Gasteiger partial charge in [-0.2, -0.15) is 0 Å². The van der Waals surface area contributed by atoms with Crippen molar-refractivity contribution in [2.75, 3.05) is 31.5 Å². The van der Waals surface area contributed by atoms with Crippen molar-refractivity contribution in [1.29, 1.82) is 0 Å². The predicted molar refractivity (Wildman–Crippen MR) is 170 cm³/mol. The second-order valence-corrected chi connectivity index (χ2v) is 12.6. The van der Waals surface area contributed by atoms with Crippen LogP contribution in [0.2, 0.25) is 5.02 Å². The monoisotopic (exact) mass is 672 g/mol. The Labute approximate surface area is 275 Å². The van der Waals surface area contributed by atoms with Crippen LogP contribution in [0, 0.1) is 17.5 Å². The molecule has 2 aliphatic heterocycles. The maximum Gasteiger partial charge on any atom is 0.407 e. The minimum absolute atomic E-state index is 0.0567. The molecule has 3 aromatic carbocycles. The number of hydrogen-bond acceptors (Lipinski definition) is 5. The number of amides is 3. The third-order valence-electron chi connectivity index (χ3n) is 8.94. The minimum atomic E-state index is -1.35. The van der Waals surface area contributed by atoms with Gasteiger partial charge in [-0.1, -0.05) is 29.8 Å². The minimum Gasteiger partial charge on any atom is -0.465 e. The molecule has 1 spiro atoms. The number of carboxylic acid groups (broad SMARTS) is 1. The van der Waals surface area contributed by atoms with Gasteiger partial charge in [0.15, 0.2) is 0 Å². The van der Waals surface area contributed by atoms with Gasteiger partial charge < -0.3 is 30.7 Å². The Morgan fingerprint density at radius 2 is 1.68 bits per heavy atom. The van der Waals surface area contributed by atoms with E-state index in [4.69, 9.17) is 22.1 Å². The first-order chi connectivity index (χ1) is 22.3. The molecule has 4 N–H and O–H groups in total. The van der Waals surface area contributed by atoms with Crippen LogP contribution in [0.1, 0.15) is 48.8 Å². The Hall–Kier alpha value is -4.13. The van der Waals surface area contributed by atoms with Crippen LogP contribution >= 0.6 is 11.6 Å². The van der Waals surface area contributed by atoms with Gasteiger partial charge in [-0.25, -0.2) is 18.0 Å². The summed E-state index contributed by atoms with van der Waals surface area (Å²) < 4.78 is 50.2. The number of likely N-dealkylation sites (tertiary alicyclic amines) is 1. The fourth-order valence-electron chi connectivity index (χ4n) is 6.52. The lowest BCUT2D eigenvalue weighted by Gasteiger charge is -2.49. The lowest BCUT2D eigenvalue weighted by molar-refractivity contribution is -0.173. The van der Waals surface area contributed by atoms with E-state index in [-0.39, 0.29) is 48.7 Å². The number of halogens is 4. The summed E-state index contributed by atoms with van der Waals surface area (Å²) in [6.07, 6.45) is -0.375. The number of piperidine rings is 1. The molecule has 3 atom stereocenters. The number of carbonyl (C=O) groups excluding carboxylic acids is 2. The number of anilines is 1. The molecule has 2 aliphatic rings. The Bertz CT molecular complexity index is 1610. The lowest BCUT2D eigenvalue weighted by atomic mass is 9.84. The van der Waals surface area contributed by atoms with Gasteiger partial charge in [0, 0.05) is 48.3 Å². The van der Waals surface area contributed by atoms with Crippen molar-refractivity contribution in [3.63, 3.8) is 0 Å². The van der Waals surface area contributed by atoms with E-state index in [1.807, 2.05) is 0 Å². The largest absolute Gasteiger partial charge is 0.465 e. The first-order valence-corrected chi connectivity index (χ1v) is 15.7. The van der Waals surface area contributed by atoms with E-state index in [2.05, 4.69) is 5.32 Å². The molecule has 9 nitrogen and oxygen atoms in total. The molecule has 3 amide bonds. The van der Waals surface area contributed by atoms with Crippen LogP contribution in [0.3, 0.4) is 0 Å². The highest BCUT2D eigenvalue weighted by molar-refractivity contribution is 6.30. The van der Waals surface area contributed by atoms with Crippen molar-refractivity contribution >= 4 is 35.2 Å². The highest BCUT2D eigenvalue weighted by Gasteiger charge is 2.44. The topological polar surface area (TPSA) is 125 Å². The fourth-order valence-corrected chi connectivity index (χ4v) is 6.65. The number of nitrogens with one attached hydrogen (secondary N) is 1. The number of morpholine rings is 1. The molecule has 250 valence electrons. The number of nitrogens with zero attached hydrogens (tertiary/aromatic N) is 2. The van der Waals surface area contributed by atoms with Gasteiger partial charge in [-0.15, -0.1) is 0 Å². The zero-order chi connectivity index (χ0) is 33.9. The molecule has 3 aromatic rings. The number of benzene rings is 3. The number of ether oxygens (including phenoxy) is 1. The molecular weight excluding hydrogens is 637 g/mol. The molecule has 13 heteroatoms. The Kier molecular flexibility index (Phi) is 10.4. The zero-order valence-electron chi connectivity index (χ0n) is 25.7. The summed E-state index contributed by atoms with van der Waals surface area (Å²) in [5.74, 6) is -4.01. The normalized spacial score (nSPS) is 18.9. The molecule has 0 aromatic heterocycles. The number of rotatable bonds is 8. The SMILES string of the molecule is CC(=O)N1CCC2(CC1)CN(C(=O)O)CC(CCc1c(F)cccc1NC(=O)[C@@H](N)[C@@H](c1ccc(Cl)cc1)c1cc(F)cc(F)c1)O2. The van der Waals surface area contributed by atoms with E-state index in [9.17, 15) is 28.3 Å². The van der Waals surface area contributed by atoms with Gasteiger partial charge >= 0.3 is 6.09 Å². The molecular formula is C34H36ClF3N4O5.